The van der Waals surface area contributed by atoms with Gasteiger partial charge in [-0.2, -0.15) is 5.26 Å². The summed E-state index contributed by atoms with van der Waals surface area (Å²) < 4.78 is 0. The van der Waals surface area contributed by atoms with E-state index in [0.29, 0.717) is 5.41 Å². The Labute approximate surface area is 106 Å². The van der Waals surface area contributed by atoms with Gasteiger partial charge in [0.25, 0.3) is 0 Å². The highest BCUT2D eigenvalue weighted by molar-refractivity contribution is 5.04. The minimum Gasteiger partial charge on any atom is -0.303 e. The maximum Gasteiger partial charge on any atom is 0.105 e. The minimum atomic E-state index is -0.358. The molecular formula is C14H27N3. The fraction of sp³-hybridized carbons (Fsp3) is 0.929. The normalized spacial score (nSPS) is 23.2. The molecule has 1 N–H and O–H groups in total. The second-order valence-electron chi connectivity index (χ2n) is 6.31. The summed E-state index contributed by atoms with van der Waals surface area (Å²) in [4.78, 5) is 2.49. The van der Waals surface area contributed by atoms with Gasteiger partial charge in [0.1, 0.15) is 5.54 Å². The molecule has 3 heteroatoms. The molecule has 17 heavy (non-hydrogen) atoms. The third kappa shape index (κ3) is 4.65. The molecule has 0 radical (unpaired) electrons. The highest BCUT2D eigenvalue weighted by atomic mass is 15.2. The van der Waals surface area contributed by atoms with Crippen LogP contribution in [-0.2, 0) is 0 Å². The molecule has 0 aromatic rings. The van der Waals surface area contributed by atoms with Gasteiger partial charge in [0.15, 0.2) is 0 Å². The summed E-state index contributed by atoms with van der Waals surface area (Å²) in [6, 6.07) is 2.42. The van der Waals surface area contributed by atoms with E-state index in [-0.39, 0.29) is 5.54 Å². The number of nitrogens with one attached hydrogen (secondary N) is 1. The van der Waals surface area contributed by atoms with Gasteiger partial charge in [0.2, 0.25) is 0 Å². The largest absolute Gasteiger partial charge is 0.303 e. The van der Waals surface area contributed by atoms with Crippen molar-refractivity contribution in [3.05, 3.63) is 0 Å². The van der Waals surface area contributed by atoms with E-state index in [9.17, 15) is 5.26 Å². The molecule has 1 rings (SSSR count). The van der Waals surface area contributed by atoms with Crippen LogP contribution in [0, 0.1) is 16.7 Å². The first-order valence-electron chi connectivity index (χ1n) is 6.79. The summed E-state index contributed by atoms with van der Waals surface area (Å²) >= 11 is 0. The van der Waals surface area contributed by atoms with E-state index in [1.165, 1.54) is 19.5 Å². The van der Waals surface area contributed by atoms with Crippen molar-refractivity contribution in [2.45, 2.75) is 52.5 Å². The van der Waals surface area contributed by atoms with Gasteiger partial charge in [-0.1, -0.05) is 20.8 Å². The van der Waals surface area contributed by atoms with Crippen LogP contribution in [-0.4, -0.2) is 36.6 Å². The highest BCUT2D eigenvalue weighted by Crippen LogP contribution is 2.29. The van der Waals surface area contributed by atoms with E-state index in [1.807, 2.05) is 6.92 Å². The molecule has 0 amide bonds. The molecule has 1 fully saturated rings. The van der Waals surface area contributed by atoms with Crippen LogP contribution in [0.5, 0.6) is 0 Å². The minimum absolute atomic E-state index is 0.358. The number of hydrogen-bond donors (Lipinski definition) is 1. The van der Waals surface area contributed by atoms with Gasteiger partial charge < -0.3 is 4.90 Å². The van der Waals surface area contributed by atoms with Gasteiger partial charge in [0.05, 0.1) is 6.07 Å². The number of likely N-dealkylation sites (tertiary alicyclic amines) is 1. The van der Waals surface area contributed by atoms with Gasteiger partial charge in [0, 0.05) is 13.1 Å². The van der Waals surface area contributed by atoms with E-state index in [2.05, 4.69) is 37.1 Å². The van der Waals surface area contributed by atoms with Gasteiger partial charge in [-0.25, -0.2) is 0 Å². The maximum atomic E-state index is 9.26. The summed E-state index contributed by atoms with van der Waals surface area (Å²) in [7, 11) is 0. The molecule has 3 nitrogen and oxygen atoms in total. The lowest BCUT2D eigenvalue weighted by atomic mass is 9.93. The lowest BCUT2D eigenvalue weighted by Gasteiger charge is -2.26. The van der Waals surface area contributed by atoms with Gasteiger partial charge in [-0.05, 0) is 44.7 Å². The molecule has 0 spiro atoms. The molecule has 0 aromatic carbocycles. The molecule has 1 atom stereocenters. The van der Waals surface area contributed by atoms with Crippen LogP contribution < -0.4 is 5.32 Å². The Hall–Kier alpha value is -0.590. The molecule has 0 aromatic heterocycles. The molecule has 1 aliphatic rings. The fourth-order valence-electron chi connectivity index (χ4n) is 2.38. The first kappa shape index (κ1) is 14.5. The van der Waals surface area contributed by atoms with Gasteiger partial charge in [-0.3, -0.25) is 5.32 Å². The molecule has 1 unspecified atom stereocenters. The van der Waals surface area contributed by atoms with Crippen molar-refractivity contribution in [2.75, 3.05) is 26.2 Å². The van der Waals surface area contributed by atoms with Crippen LogP contribution in [0.2, 0.25) is 0 Å². The summed E-state index contributed by atoms with van der Waals surface area (Å²) in [6.07, 6.45) is 3.27. The van der Waals surface area contributed by atoms with E-state index >= 15 is 0 Å². The topological polar surface area (TPSA) is 39.1 Å². The van der Waals surface area contributed by atoms with E-state index < -0.39 is 0 Å². The number of nitrogens with zero attached hydrogens (tertiary/aromatic N) is 2. The predicted molar refractivity (Wildman–Crippen MR) is 71.8 cm³/mol. The SMILES string of the molecule is CCCNC(C)(C#N)CCN1CCC(C)(C)C1. The lowest BCUT2D eigenvalue weighted by molar-refractivity contribution is 0.261. The molecule has 0 aliphatic carbocycles. The Morgan fingerprint density at radius 2 is 2.18 bits per heavy atom. The van der Waals surface area contributed by atoms with Crippen LogP contribution in [0.1, 0.15) is 47.0 Å². The third-order valence-corrected chi connectivity index (χ3v) is 3.70. The van der Waals surface area contributed by atoms with Crippen molar-refractivity contribution < 1.29 is 0 Å². The molecular weight excluding hydrogens is 210 g/mol. The van der Waals surface area contributed by atoms with Crippen LogP contribution in [0.3, 0.4) is 0 Å². The Bertz CT molecular complexity index is 280. The third-order valence-electron chi connectivity index (χ3n) is 3.70. The predicted octanol–water partition coefficient (Wildman–Crippen LogP) is 2.39. The second-order valence-corrected chi connectivity index (χ2v) is 6.31. The van der Waals surface area contributed by atoms with Crippen molar-refractivity contribution >= 4 is 0 Å². The van der Waals surface area contributed by atoms with Crippen LogP contribution in [0.4, 0.5) is 0 Å². The first-order chi connectivity index (χ1) is 7.91. The number of hydrogen-bond acceptors (Lipinski definition) is 3. The fourth-order valence-corrected chi connectivity index (χ4v) is 2.38. The Balaban J connectivity index is 2.36. The Morgan fingerprint density at radius 3 is 2.65 bits per heavy atom. The molecule has 1 heterocycles. The maximum absolute atomic E-state index is 9.26. The smallest absolute Gasteiger partial charge is 0.105 e. The molecule has 0 saturated carbocycles. The van der Waals surface area contributed by atoms with E-state index in [0.717, 1.165) is 25.9 Å². The Morgan fingerprint density at radius 1 is 1.47 bits per heavy atom. The zero-order valence-electron chi connectivity index (χ0n) is 11.8. The quantitative estimate of drug-likeness (QED) is 0.771. The number of nitriles is 1. The van der Waals surface area contributed by atoms with Crippen molar-refractivity contribution in [1.82, 2.24) is 10.2 Å². The van der Waals surface area contributed by atoms with Crippen LogP contribution in [0.15, 0.2) is 0 Å². The van der Waals surface area contributed by atoms with Crippen LogP contribution >= 0.6 is 0 Å². The van der Waals surface area contributed by atoms with Crippen molar-refractivity contribution in [2.24, 2.45) is 5.41 Å². The zero-order valence-corrected chi connectivity index (χ0v) is 11.8. The van der Waals surface area contributed by atoms with E-state index in [1.54, 1.807) is 0 Å². The second kappa shape index (κ2) is 5.84. The molecule has 98 valence electrons. The molecule has 0 bridgehead atoms. The van der Waals surface area contributed by atoms with E-state index in [4.69, 9.17) is 0 Å². The monoisotopic (exact) mass is 237 g/mol. The first-order valence-corrected chi connectivity index (χ1v) is 6.79. The molecule has 1 aliphatic heterocycles. The van der Waals surface area contributed by atoms with Crippen LogP contribution in [0.25, 0.3) is 0 Å². The number of rotatable bonds is 6. The summed E-state index contributed by atoms with van der Waals surface area (Å²) in [6.45, 7) is 13.1. The Kier molecular flexibility index (Phi) is 4.97. The average Bonchev–Trinajstić information content (AvgIpc) is 2.64. The standard InChI is InChI=1S/C14H27N3/c1-5-8-16-14(4,11-15)7-10-17-9-6-13(2,3)12-17/h16H,5-10,12H2,1-4H3. The average molecular weight is 237 g/mol. The highest BCUT2D eigenvalue weighted by Gasteiger charge is 2.31. The van der Waals surface area contributed by atoms with Crippen molar-refractivity contribution in [1.29, 1.82) is 5.26 Å². The van der Waals surface area contributed by atoms with Crippen molar-refractivity contribution in [3.63, 3.8) is 0 Å². The van der Waals surface area contributed by atoms with Crippen molar-refractivity contribution in [3.8, 4) is 6.07 Å². The molecule has 1 saturated heterocycles. The lowest BCUT2D eigenvalue weighted by Crippen LogP contribution is -2.44. The summed E-state index contributed by atoms with van der Waals surface area (Å²) in [5.74, 6) is 0. The van der Waals surface area contributed by atoms with Gasteiger partial charge in [-0.15, -0.1) is 0 Å². The summed E-state index contributed by atoms with van der Waals surface area (Å²) in [5.41, 5.74) is 0.0998. The summed E-state index contributed by atoms with van der Waals surface area (Å²) in [5, 5.41) is 12.6. The van der Waals surface area contributed by atoms with Gasteiger partial charge >= 0.3 is 0 Å². The zero-order chi connectivity index (χ0) is 12.9.